The molecule has 1 saturated carbocycles. The number of furan rings is 1. The number of anilines is 2. The van der Waals surface area contributed by atoms with E-state index < -0.39 is 0 Å². The number of nitrogens with one attached hydrogen (secondary N) is 1. The minimum Gasteiger partial charge on any atom is -0.461 e. The maximum atomic E-state index is 12.3. The predicted octanol–water partition coefficient (Wildman–Crippen LogP) is 4.18. The Hall–Kier alpha value is -2.82. The van der Waals surface area contributed by atoms with E-state index in [1.165, 1.54) is 12.5 Å². The first kappa shape index (κ1) is 16.6. The molecule has 2 unspecified atom stereocenters. The highest BCUT2D eigenvalue weighted by molar-refractivity contribution is 6.06. The topological polar surface area (TPSA) is 62.6 Å². The van der Waals surface area contributed by atoms with Crippen molar-refractivity contribution in [3.05, 3.63) is 54.0 Å². The van der Waals surface area contributed by atoms with Crippen LogP contribution in [-0.4, -0.2) is 18.4 Å². The van der Waals surface area contributed by atoms with E-state index in [4.69, 9.17) is 4.42 Å². The molecule has 2 atom stereocenters. The van der Waals surface area contributed by atoms with Crippen LogP contribution in [0, 0.1) is 5.92 Å². The molecule has 4 rings (SSSR count). The lowest BCUT2D eigenvalue weighted by Gasteiger charge is -2.19. The molecule has 1 aromatic carbocycles. The second kappa shape index (κ2) is 6.83. The molecule has 134 valence electrons. The molecule has 1 N–H and O–H groups in total. The van der Waals surface area contributed by atoms with Crippen molar-refractivity contribution in [1.29, 1.82) is 0 Å². The molecule has 1 saturated heterocycles. The van der Waals surface area contributed by atoms with Crippen molar-refractivity contribution in [3.63, 3.8) is 0 Å². The zero-order chi connectivity index (χ0) is 18.1. The first-order valence-corrected chi connectivity index (χ1v) is 9.10. The maximum absolute atomic E-state index is 12.3. The van der Waals surface area contributed by atoms with Crippen LogP contribution in [0.2, 0.25) is 0 Å². The fourth-order valence-corrected chi connectivity index (χ4v) is 3.43. The Morgan fingerprint density at radius 2 is 2.08 bits per heavy atom. The summed E-state index contributed by atoms with van der Waals surface area (Å²) in [4.78, 5) is 26.0. The average molecular weight is 350 g/mol. The zero-order valence-electron chi connectivity index (χ0n) is 14.8. The quantitative estimate of drug-likeness (QED) is 0.823. The van der Waals surface area contributed by atoms with Crippen LogP contribution in [0.5, 0.6) is 0 Å². The third-order valence-corrected chi connectivity index (χ3v) is 5.05. The Bertz CT molecular complexity index is 868. The Morgan fingerprint density at radius 3 is 2.81 bits per heavy atom. The summed E-state index contributed by atoms with van der Waals surface area (Å²) in [6.07, 6.45) is 5.71. The van der Waals surface area contributed by atoms with Crippen molar-refractivity contribution in [2.75, 3.05) is 16.8 Å². The summed E-state index contributed by atoms with van der Waals surface area (Å²) in [7, 11) is 0. The van der Waals surface area contributed by atoms with Crippen LogP contribution in [0.15, 0.2) is 46.9 Å². The lowest BCUT2D eigenvalue weighted by atomic mass is 10.2. The molecule has 2 fully saturated rings. The van der Waals surface area contributed by atoms with E-state index in [1.807, 2.05) is 36.4 Å². The smallest absolute Gasteiger partial charge is 0.248 e. The molecular weight excluding hydrogens is 328 g/mol. The lowest BCUT2D eigenvalue weighted by Crippen LogP contribution is -2.25. The molecule has 0 bridgehead atoms. The summed E-state index contributed by atoms with van der Waals surface area (Å²) in [5.74, 6) is 2.73. The van der Waals surface area contributed by atoms with Gasteiger partial charge in [0.1, 0.15) is 11.5 Å². The highest BCUT2D eigenvalue weighted by Gasteiger charge is 2.36. The molecule has 0 spiro atoms. The van der Waals surface area contributed by atoms with Gasteiger partial charge < -0.3 is 14.6 Å². The number of rotatable bonds is 5. The van der Waals surface area contributed by atoms with Crippen LogP contribution >= 0.6 is 0 Å². The van der Waals surface area contributed by atoms with E-state index in [0.29, 0.717) is 36.2 Å². The van der Waals surface area contributed by atoms with Crippen LogP contribution in [0.4, 0.5) is 11.4 Å². The van der Waals surface area contributed by atoms with Crippen LogP contribution < -0.4 is 10.2 Å². The van der Waals surface area contributed by atoms with Crippen molar-refractivity contribution in [3.8, 4) is 0 Å². The molecule has 0 radical (unpaired) electrons. The largest absolute Gasteiger partial charge is 0.461 e. The van der Waals surface area contributed by atoms with Gasteiger partial charge in [-0.25, -0.2) is 0 Å². The summed E-state index contributed by atoms with van der Waals surface area (Å²) in [6, 6.07) is 11.3. The summed E-state index contributed by atoms with van der Waals surface area (Å²) in [6.45, 7) is 2.90. The number of nitrogens with zero attached hydrogens (tertiary/aromatic N) is 1. The summed E-state index contributed by atoms with van der Waals surface area (Å²) < 4.78 is 5.78. The van der Waals surface area contributed by atoms with Crippen LogP contribution in [0.1, 0.15) is 43.6 Å². The number of amides is 2. The Morgan fingerprint density at radius 1 is 1.27 bits per heavy atom. The minimum atomic E-state index is -0.248. The van der Waals surface area contributed by atoms with Crippen LogP contribution in [0.3, 0.4) is 0 Å². The van der Waals surface area contributed by atoms with Crippen molar-refractivity contribution in [1.82, 2.24) is 0 Å². The molecule has 1 aliphatic carbocycles. The van der Waals surface area contributed by atoms with E-state index in [1.54, 1.807) is 11.0 Å². The van der Waals surface area contributed by atoms with E-state index in [0.717, 1.165) is 17.9 Å². The molecule has 2 aliphatic rings. The standard InChI is InChI=1S/C21H22N2O3/c1-14-13-16(14)19-10-8-15(26-19)9-11-20(24)22-17-5-2-3-6-18(17)23-12-4-7-21(23)25/h2-3,5-6,8-11,14,16H,4,7,12-13H2,1H3,(H,22,24)/b11-9+. The van der Waals surface area contributed by atoms with Gasteiger partial charge in [-0.2, -0.15) is 0 Å². The van der Waals surface area contributed by atoms with Crippen LogP contribution in [0.25, 0.3) is 6.08 Å². The summed E-state index contributed by atoms with van der Waals surface area (Å²) in [5.41, 5.74) is 1.39. The fraction of sp³-hybridized carbons (Fsp3) is 0.333. The first-order chi connectivity index (χ1) is 12.6. The first-order valence-electron chi connectivity index (χ1n) is 9.10. The molecular formula is C21H22N2O3. The SMILES string of the molecule is CC1CC1c1ccc(/C=C/C(=O)Nc2ccccc2N2CCCC2=O)o1. The fourth-order valence-electron chi connectivity index (χ4n) is 3.43. The average Bonchev–Trinajstić information content (AvgIpc) is 3.01. The van der Waals surface area contributed by atoms with E-state index in [-0.39, 0.29) is 11.8 Å². The molecule has 5 heteroatoms. The molecule has 2 amide bonds. The van der Waals surface area contributed by atoms with Gasteiger partial charge in [-0.05, 0) is 49.1 Å². The van der Waals surface area contributed by atoms with Gasteiger partial charge in [0, 0.05) is 25.0 Å². The van der Waals surface area contributed by atoms with Crippen LogP contribution in [-0.2, 0) is 9.59 Å². The molecule has 1 aliphatic heterocycles. The number of para-hydroxylation sites is 2. The van der Waals surface area contributed by atoms with Crippen molar-refractivity contribution < 1.29 is 14.0 Å². The van der Waals surface area contributed by atoms with Gasteiger partial charge in [0.25, 0.3) is 0 Å². The van der Waals surface area contributed by atoms with Gasteiger partial charge in [0.15, 0.2) is 0 Å². The van der Waals surface area contributed by atoms with E-state index in [9.17, 15) is 9.59 Å². The summed E-state index contributed by atoms with van der Waals surface area (Å²) in [5, 5.41) is 2.87. The lowest BCUT2D eigenvalue weighted by molar-refractivity contribution is -0.117. The monoisotopic (exact) mass is 350 g/mol. The molecule has 2 heterocycles. The third-order valence-electron chi connectivity index (χ3n) is 5.05. The highest BCUT2D eigenvalue weighted by atomic mass is 16.3. The Labute approximate surface area is 152 Å². The molecule has 26 heavy (non-hydrogen) atoms. The van der Waals surface area contributed by atoms with Gasteiger partial charge in [-0.1, -0.05) is 19.1 Å². The number of carbonyl (C=O) groups is 2. The van der Waals surface area contributed by atoms with E-state index >= 15 is 0 Å². The van der Waals surface area contributed by atoms with Crippen molar-refractivity contribution in [2.24, 2.45) is 5.92 Å². The number of hydrogen-bond acceptors (Lipinski definition) is 3. The highest BCUT2D eigenvalue weighted by Crippen LogP contribution is 2.47. The summed E-state index contributed by atoms with van der Waals surface area (Å²) >= 11 is 0. The Kier molecular flexibility index (Phi) is 4.37. The minimum absolute atomic E-state index is 0.0969. The van der Waals surface area contributed by atoms with Gasteiger partial charge in [-0.3, -0.25) is 9.59 Å². The van der Waals surface area contributed by atoms with Gasteiger partial charge in [-0.15, -0.1) is 0 Å². The van der Waals surface area contributed by atoms with Crippen molar-refractivity contribution in [2.45, 2.75) is 32.1 Å². The molecule has 2 aromatic rings. The number of carbonyl (C=O) groups excluding carboxylic acids is 2. The third kappa shape index (κ3) is 3.43. The zero-order valence-corrected chi connectivity index (χ0v) is 14.8. The second-order valence-corrected chi connectivity index (χ2v) is 7.05. The predicted molar refractivity (Wildman–Crippen MR) is 101 cm³/mol. The van der Waals surface area contributed by atoms with E-state index in [2.05, 4.69) is 12.2 Å². The molecule has 5 nitrogen and oxygen atoms in total. The number of hydrogen-bond donors (Lipinski definition) is 1. The number of benzene rings is 1. The van der Waals surface area contributed by atoms with Gasteiger partial charge in [0.05, 0.1) is 11.4 Å². The Balaban J connectivity index is 1.43. The maximum Gasteiger partial charge on any atom is 0.248 e. The van der Waals surface area contributed by atoms with Gasteiger partial charge >= 0.3 is 0 Å². The van der Waals surface area contributed by atoms with Crippen molar-refractivity contribution >= 4 is 29.3 Å². The normalized spacial score (nSPS) is 22.2. The molecule has 1 aromatic heterocycles. The van der Waals surface area contributed by atoms with Gasteiger partial charge in [0.2, 0.25) is 11.8 Å². The second-order valence-electron chi connectivity index (χ2n) is 7.05.